The third-order valence-electron chi connectivity index (χ3n) is 0.950. The van der Waals surface area contributed by atoms with E-state index < -0.39 is 12.1 Å². The first-order chi connectivity index (χ1) is 4.94. The molecule has 1 fully saturated rings. The first-order valence-electron chi connectivity index (χ1n) is 2.95. The van der Waals surface area contributed by atoms with Gasteiger partial charge in [0.25, 0.3) is 0 Å². The first-order valence-corrected chi connectivity index (χ1v) is 2.95. The minimum Gasteiger partial charge on any atom is -0.475 e. The van der Waals surface area contributed by atoms with E-state index in [4.69, 9.17) is 9.90 Å². The summed E-state index contributed by atoms with van der Waals surface area (Å²) in [5, 5.41) is 10.2. The quantitative estimate of drug-likeness (QED) is 0.561. The van der Waals surface area contributed by atoms with Crippen molar-refractivity contribution in [2.75, 3.05) is 13.1 Å². The molecule has 0 amide bonds. The average Bonchev–Trinajstić information content (AvgIpc) is 1.55. The number of hydrogen-bond acceptors (Lipinski definition) is 2. The van der Waals surface area contributed by atoms with Crippen molar-refractivity contribution < 1.29 is 23.1 Å². The van der Waals surface area contributed by atoms with Crippen LogP contribution in [0.1, 0.15) is 6.42 Å². The summed E-state index contributed by atoms with van der Waals surface area (Å²) >= 11 is 0. The van der Waals surface area contributed by atoms with E-state index in [1.807, 2.05) is 0 Å². The van der Waals surface area contributed by atoms with Crippen molar-refractivity contribution in [2.24, 2.45) is 0 Å². The lowest BCUT2D eigenvalue weighted by atomic mass is 10.3. The zero-order chi connectivity index (χ0) is 8.91. The van der Waals surface area contributed by atoms with Crippen LogP contribution < -0.4 is 5.32 Å². The summed E-state index contributed by atoms with van der Waals surface area (Å²) in [6, 6.07) is 0. The maximum atomic E-state index is 10.6. The van der Waals surface area contributed by atoms with Gasteiger partial charge in [-0.3, -0.25) is 0 Å². The normalized spacial score (nSPS) is 15.9. The Balaban J connectivity index is 0.000000207. The van der Waals surface area contributed by atoms with Crippen LogP contribution in [0.5, 0.6) is 0 Å². The van der Waals surface area contributed by atoms with Crippen LogP contribution in [-0.2, 0) is 4.79 Å². The highest BCUT2D eigenvalue weighted by molar-refractivity contribution is 5.73. The molecule has 2 N–H and O–H groups in total. The minimum atomic E-state index is -5.08. The maximum Gasteiger partial charge on any atom is 0.490 e. The fraction of sp³-hybridized carbons (Fsp3) is 0.800. The number of carboxylic acid groups (broad SMARTS) is 1. The van der Waals surface area contributed by atoms with Gasteiger partial charge in [-0.25, -0.2) is 4.79 Å². The van der Waals surface area contributed by atoms with Crippen molar-refractivity contribution in [2.45, 2.75) is 12.6 Å². The molecule has 0 spiro atoms. The molecule has 1 saturated heterocycles. The molecule has 0 aromatic heterocycles. The number of hydrogen-bond donors (Lipinski definition) is 2. The van der Waals surface area contributed by atoms with E-state index in [2.05, 4.69) is 5.32 Å². The van der Waals surface area contributed by atoms with Gasteiger partial charge in [0.05, 0.1) is 0 Å². The number of carbonyl (C=O) groups is 1. The van der Waals surface area contributed by atoms with E-state index in [0.29, 0.717) is 0 Å². The standard InChI is InChI=1S/C3H7N.C2HF3O2/c1-2-4-3-1;3-2(4,5)1(6)7/h4H,1-3H2;(H,6,7). The topological polar surface area (TPSA) is 49.3 Å². The number of alkyl halides is 3. The molecular formula is C5H8F3NO2. The Kier molecular flexibility index (Phi) is 3.88. The van der Waals surface area contributed by atoms with Crippen LogP contribution >= 0.6 is 0 Å². The average molecular weight is 171 g/mol. The van der Waals surface area contributed by atoms with E-state index >= 15 is 0 Å². The molecule has 0 aromatic carbocycles. The Morgan fingerprint density at radius 3 is 1.55 bits per heavy atom. The number of aliphatic carboxylic acids is 1. The summed E-state index contributed by atoms with van der Waals surface area (Å²) in [5.74, 6) is -2.76. The van der Waals surface area contributed by atoms with E-state index in [1.165, 1.54) is 19.5 Å². The molecule has 3 nitrogen and oxygen atoms in total. The summed E-state index contributed by atoms with van der Waals surface area (Å²) in [5.41, 5.74) is 0. The molecule has 0 bridgehead atoms. The van der Waals surface area contributed by atoms with Crippen molar-refractivity contribution in [1.82, 2.24) is 5.32 Å². The SMILES string of the molecule is C1CNC1.O=C(O)C(F)(F)F. The highest BCUT2D eigenvalue weighted by Gasteiger charge is 2.38. The van der Waals surface area contributed by atoms with E-state index in [0.717, 1.165) is 0 Å². The lowest BCUT2D eigenvalue weighted by molar-refractivity contribution is -0.192. The van der Waals surface area contributed by atoms with Crippen LogP contribution in [0.3, 0.4) is 0 Å². The third-order valence-corrected chi connectivity index (χ3v) is 0.950. The molecule has 1 rings (SSSR count). The lowest BCUT2D eigenvalue weighted by Crippen LogP contribution is -2.29. The van der Waals surface area contributed by atoms with Crippen molar-refractivity contribution in [3.05, 3.63) is 0 Å². The lowest BCUT2D eigenvalue weighted by Gasteiger charge is -2.09. The number of rotatable bonds is 0. The smallest absolute Gasteiger partial charge is 0.475 e. The summed E-state index contributed by atoms with van der Waals surface area (Å²) in [7, 11) is 0. The van der Waals surface area contributed by atoms with Gasteiger partial charge in [0.15, 0.2) is 0 Å². The predicted molar refractivity (Wildman–Crippen MR) is 31.2 cm³/mol. The second-order valence-corrected chi connectivity index (χ2v) is 1.91. The van der Waals surface area contributed by atoms with Crippen LogP contribution in [0, 0.1) is 0 Å². The summed E-state index contributed by atoms with van der Waals surface area (Å²) in [6.07, 6.45) is -3.69. The molecule has 6 heteroatoms. The molecule has 66 valence electrons. The Labute approximate surface area is 61.2 Å². The fourth-order valence-corrected chi connectivity index (χ4v) is 0.177. The zero-order valence-corrected chi connectivity index (χ0v) is 5.61. The van der Waals surface area contributed by atoms with Crippen molar-refractivity contribution in [1.29, 1.82) is 0 Å². The summed E-state index contributed by atoms with van der Waals surface area (Å²) < 4.78 is 31.7. The van der Waals surface area contributed by atoms with Gasteiger partial charge in [0, 0.05) is 0 Å². The van der Waals surface area contributed by atoms with Gasteiger partial charge in [-0.1, -0.05) is 0 Å². The Morgan fingerprint density at radius 2 is 1.55 bits per heavy atom. The molecule has 0 saturated carbocycles. The van der Waals surface area contributed by atoms with Gasteiger partial charge in [-0.2, -0.15) is 13.2 Å². The highest BCUT2D eigenvalue weighted by atomic mass is 19.4. The van der Waals surface area contributed by atoms with Crippen molar-refractivity contribution >= 4 is 5.97 Å². The van der Waals surface area contributed by atoms with Gasteiger partial charge >= 0.3 is 12.1 Å². The second kappa shape index (κ2) is 4.17. The molecule has 1 heterocycles. The number of halogens is 3. The highest BCUT2D eigenvalue weighted by Crippen LogP contribution is 2.13. The van der Waals surface area contributed by atoms with E-state index in [-0.39, 0.29) is 0 Å². The fourth-order valence-electron chi connectivity index (χ4n) is 0.177. The summed E-state index contributed by atoms with van der Waals surface area (Å²) in [6.45, 7) is 2.50. The van der Waals surface area contributed by atoms with Gasteiger partial charge in [-0.15, -0.1) is 0 Å². The van der Waals surface area contributed by atoms with Crippen LogP contribution in [0.25, 0.3) is 0 Å². The van der Waals surface area contributed by atoms with Crippen molar-refractivity contribution in [3.63, 3.8) is 0 Å². The predicted octanol–water partition coefficient (Wildman–Crippen LogP) is 0.613. The minimum absolute atomic E-state index is 1.25. The van der Waals surface area contributed by atoms with Crippen LogP contribution in [0.15, 0.2) is 0 Å². The maximum absolute atomic E-state index is 10.6. The third kappa shape index (κ3) is 5.65. The molecule has 0 atom stereocenters. The molecular weight excluding hydrogens is 163 g/mol. The Morgan fingerprint density at radius 1 is 1.36 bits per heavy atom. The van der Waals surface area contributed by atoms with Gasteiger partial charge in [0.2, 0.25) is 0 Å². The van der Waals surface area contributed by atoms with Crippen molar-refractivity contribution in [3.8, 4) is 0 Å². The Bertz CT molecular complexity index is 126. The monoisotopic (exact) mass is 171 g/mol. The van der Waals surface area contributed by atoms with Gasteiger partial charge in [0.1, 0.15) is 0 Å². The van der Waals surface area contributed by atoms with E-state index in [9.17, 15) is 13.2 Å². The summed E-state index contributed by atoms with van der Waals surface area (Å²) in [4.78, 5) is 8.90. The van der Waals surface area contributed by atoms with E-state index in [1.54, 1.807) is 0 Å². The van der Waals surface area contributed by atoms with Crippen LogP contribution in [0.2, 0.25) is 0 Å². The molecule has 1 aliphatic rings. The molecule has 0 aliphatic carbocycles. The first kappa shape index (κ1) is 10.2. The second-order valence-electron chi connectivity index (χ2n) is 1.91. The Hall–Kier alpha value is -0.780. The van der Waals surface area contributed by atoms with Crippen LogP contribution in [0.4, 0.5) is 13.2 Å². The number of nitrogens with one attached hydrogen (secondary N) is 1. The number of carboxylic acids is 1. The molecule has 0 unspecified atom stereocenters. The zero-order valence-electron chi connectivity index (χ0n) is 5.61. The largest absolute Gasteiger partial charge is 0.490 e. The van der Waals surface area contributed by atoms with Gasteiger partial charge < -0.3 is 10.4 Å². The van der Waals surface area contributed by atoms with Crippen LogP contribution in [-0.4, -0.2) is 30.3 Å². The molecule has 1 aliphatic heterocycles. The molecule has 0 aromatic rings. The molecule has 11 heavy (non-hydrogen) atoms. The molecule has 0 radical (unpaired) electrons. The van der Waals surface area contributed by atoms with Gasteiger partial charge in [-0.05, 0) is 19.5 Å².